The monoisotopic (exact) mass is 250 g/mol. The van der Waals surface area contributed by atoms with Gasteiger partial charge in [0, 0.05) is 23.7 Å². The van der Waals surface area contributed by atoms with Gasteiger partial charge in [-0.2, -0.15) is 5.10 Å². The predicted molar refractivity (Wildman–Crippen MR) is 71.4 cm³/mol. The molecule has 2 atom stereocenters. The number of aromatic amines is 1. The maximum absolute atomic E-state index is 12.1. The van der Waals surface area contributed by atoms with Crippen molar-refractivity contribution in [1.29, 1.82) is 0 Å². The molecule has 0 bridgehead atoms. The van der Waals surface area contributed by atoms with Crippen molar-refractivity contribution in [2.24, 2.45) is 5.92 Å². The van der Waals surface area contributed by atoms with Crippen molar-refractivity contribution in [3.05, 3.63) is 11.8 Å². The van der Waals surface area contributed by atoms with Gasteiger partial charge in [0.15, 0.2) is 5.82 Å². The zero-order chi connectivity index (χ0) is 13.0. The van der Waals surface area contributed by atoms with Crippen molar-refractivity contribution in [3.8, 4) is 0 Å². The minimum Gasteiger partial charge on any atom is -0.314 e. The lowest BCUT2D eigenvalue weighted by atomic mass is 9.92. The van der Waals surface area contributed by atoms with Crippen LogP contribution in [-0.4, -0.2) is 28.7 Å². The second-order valence-corrected chi connectivity index (χ2v) is 5.09. The number of carbonyl (C=O) groups is 1. The van der Waals surface area contributed by atoms with E-state index in [0.29, 0.717) is 11.9 Å². The Hall–Kier alpha value is -1.36. The Balaban J connectivity index is 1.89. The normalized spacial score (nSPS) is 23.9. The third-order valence-corrected chi connectivity index (χ3v) is 3.40. The Morgan fingerprint density at radius 1 is 1.61 bits per heavy atom. The molecule has 0 aliphatic carbocycles. The van der Waals surface area contributed by atoms with E-state index in [9.17, 15) is 4.79 Å². The van der Waals surface area contributed by atoms with Gasteiger partial charge in [-0.1, -0.05) is 13.3 Å². The van der Waals surface area contributed by atoms with E-state index in [0.717, 1.165) is 37.9 Å². The van der Waals surface area contributed by atoms with Gasteiger partial charge < -0.3 is 10.6 Å². The molecule has 1 aliphatic heterocycles. The number of anilines is 1. The third kappa shape index (κ3) is 3.32. The van der Waals surface area contributed by atoms with Crippen LogP contribution >= 0.6 is 0 Å². The quantitative estimate of drug-likeness (QED) is 0.761. The molecule has 1 aromatic heterocycles. The number of amides is 1. The first kappa shape index (κ1) is 13.1. The Bertz CT molecular complexity index is 401. The van der Waals surface area contributed by atoms with Gasteiger partial charge in [-0.15, -0.1) is 0 Å². The number of H-pyrrole nitrogens is 1. The van der Waals surface area contributed by atoms with Crippen molar-refractivity contribution in [3.63, 3.8) is 0 Å². The molecule has 2 unspecified atom stereocenters. The topological polar surface area (TPSA) is 69.8 Å². The summed E-state index contributed by atoms with van der Waals surface area (Å²) in [6.45, 7) is 5.16. The smallest absolute Gasteiger partial charge is 0.228 e. The van der Waals surface area contributed by atoms with Crippen molar-refractivity contribution >= 4 is 11.7 Å². The van der Waals surface area contributed by atoms with Gasteiger partial charge in [0.1, 0.15) is 0 Å². The summed E-state index contributed by atoms with van der Waals surface area (Å²) >= 11 is 0. The van der Waals surface area contributed by atoms with Crippen molar-refractivity contribution in [2.75, 3.05) is 11.9 Å². The summed E-state index contributed by atoms with van der Waals surface area (Å²) in [7, 11) is 0. The predicted octanol–water partition coefficient (Wildman–Crippen LogP) is 1.69. The van der Waals surface area contributed by atoms with E-state index in [1.54, 1.807) is 0 Å². The second-order valence-electron chi connectivity index (χ2n) is 5.09. The molecule has 1 saturated heterocycles. The van der Waals surface area contributed by atoms with Crippen LogP contribution in [0.25, 0.3) is 0 Å². The molecule has 1 fully saturated rings. The zero-order valence-corrected chi connectivity index (χ0v) is 11.1. The molecular formula is C13H22N4O. The number of piperidine rings is 1. The number of nitrogens with zero attached hydrogens (tertiary/aromatic N) is 1. The van der Waals surface area contributed by atoms with Crippen LogP contribution in [0.15, 0.2) is 6.07 Å². The molecule has 0 saturated carbocycles. The second kappa shape index (κ2) is 6.00. The number of nitrogens with one attached hydrogen (secondary N) is 3. The third-order valence-electron chi connectivity index (χ3n) is 3.40. The maximum Gasteiger partial charge on any atom is 0.228 e. The molecular weight excluding hydrogens is 228 g/mol. The SMILES string of the molecule is CCCc1cc(NC(=O)C2CCNC(C)C2)n[nH]1. The Kier molecular flexibility index (Phi) is 4.36. The van der Waals surface area contributed by atoms with E-state index in [-0.39, 0.29) is 11.8 Å². The molecule has 3 N–H and O–H groups in total. The van der Waals surface area contributed by atoms with Crippen molar-refractivity contribution in [2.45, 2.75) is 45.6 Å². The average Bonchev–Trinajstić information content (AvgIpc) is 2.77. The highest BCUT2D eigenvalue weighted by Crippen LogP contribution is 2.18. The van der Waals surface area contributed by atoms with Crippen LogP contribution in [0, 0.1) is 5.92 Å². The Labute approximate surface area is 108 Å². The van der Waals surface area contributed by atoms with Crippen LogP contribution in [0.4, 0.5) is 5.82 Å². The zero-order valence-electron chi connectivity index (χ0n) is 11.1. The average molecular weight is 250 g/mol. The van der Waals surface area contributed by atoms with Crippen LogP contribution < -0.4 is 10.6 Å². The lowest BCUT2D eigenvalue weighted by molar-refractivity contribution is -0.120. The summed E-state index contributed by atoms with van der Waals surface area (Å²) in [6, 6.07) is 2.34. The molecule has 0 spiro atoms. The van der Waals surface area contributed by atoms with E-state index >= 15 is 0 Å². The fraction of sp³-hybridized carbons (Fsp3) is 0.692. The fourth-order valence-corrected chi connectivity index (χ4v) is 2.42. The number of hydrogen-bond donors (Lipinski definition) is 3. The molecule has 5 heteroatoms. The van der Waals surface area contributed by atoms with Crippen LogP contribution in [-0.2, 0) is 11.2 Å². The van der Waals surface area contributed by atoms with Gasteiger partial charge >= 0.3 is 0 Å². The summed E-state index contributed by atoms with van der Waals surface area (Å²) in [5.74, 6) is 0.847. The minimum atomic E-state index is 0.0953. The van der Waals surface area contributed by atoms with Gasteiger partial charge in [0.05, 0.1) is 0 Å². The maximum atomic E-state index is 12.1. The van der Waals surface area contributed by atoms with Crippen LogP contribution in [0.5, 0.6) is 0 Å². The number of aryl methyl sites for hydroxylation is 1. The molecule has 0 radical (unpaired) electrons. The molecule has 18 heavy (non-hydrogen) atoms. The summed E-state index contributed by atoms with van der Waals surface area (Å²) < 4.78 is 0. The Morgan fingerprint density at radius 3 is 3.17 bits per heavy atom. The summed E-state index contributed by atoms with van der Waals surface area (Å²) in [5.41, 5.74) is 1.08. The van der Waals surface area contributed by atoms with E-state index in [1.165, 1.54) is 0 Å². The highest BCUT2D eigenvalue weighted by Gasteiger charge is 2.25. The largest absolute Gasteiger partial charge is 0.314 e. The summed E-state index contributed by atoms with van der Waals surface area (Å²) in [4.78, 5) is 12.1. The first-order chi connectivity index (χ1) is 8.69. The molecule has 2 rings (SSSR count). The molecule has 1 aromatic rings. The van der Waals surface area contributed by atoms with Crippen molar-refractivity contribution in [1.82, 2.24) is 15.5 Å². The number of aromatic nitrogens is 2. The lowest BCUT2D eigenvalue weighted by Crippen LogP contribution is -2.40. The standard InChI is InChI=1S/C13H22N4O/c1-3-4-11-8-12(17-16-11)15-13(18)10-5-6-14-9(2)7-10/h8-10,14H,3-7H2,1-2H3,(H2,15,16,17,18). The minimum absolute atomic E-state index is 0.0953. The first-order valence-corrected chi connectivity index (χ1v) is 6.77. The van der Waals surface area contributed by atoms with E-state index in [4.69, 9.17) is 0 Å². The highest BCUT2D eigenvalue weighted by molar-refractivity contribution is 5.91. The fourth-order valence-electron chi connectivity index (χ4n) is 2.42. The van der Waals surface area contributed by atoms with Gasteiger partial charge in [-0.05, 0) is 32.7 Å². The molecule has 2 heterocycles. The lowest BCUT2D eigenvalue weighted by Gasteiger charge is -2.26. The summed E-state index contributed by atoms with van der Waals surface area (Å²) in [5, 5.41) is 13.3. The summed E-state index contributed by atoms with van der Waals surface area (Å²) in [6.07, 6.45) is 3.84. The van der Waals surface area contributed by atoms with Crippen molar-refractivity contribution < 1.29 is 4.79 Å². The number of rotatable bonds is 4. The van der Waals surface area contributed by atoms with Crippen LogP contribution in [0.1, 0.15) is 38.8 Å². The van der Waals surface area contributed by atoms with Gasteiger partial charge in [0.2, 0.25) is 5.91 Å². The van der Waals surface area contributed by atoms with E-state index < -0.39 is 0 Å². The van der Waals surface area contributed by atoms with E-state index in [1.807, 2.05) is 6.07 Å². The van der Waals surface area contributed by atoms with Gasteiger partial charge in [0.25, 0.3) is 0 Å². The first-order valence-electron chi connectivity index (χ1n) is 6.77. The molecule has 5 nitrogen and oxygen atoms in total. The van der Waals surface area contributed by atoms with Gasteiger partial charge in [-0.25, -0.2) is 0 Å². The molecule has 100 valence electrons. The Morgan fingerprint density at radius 2 is 2.44 bits per heavy atom. The van der Waals surface area contributed by atoms with E-state index in [2.05, 4.69) is 34.7 Å². The van der Waals surface area contributed by atoms with Crippen LogP contribution in [0.2, 0.25) is 0 Å². The number of hydrogen-bond acceptors (Lipinski definition) is 3. The molecule has 1 amide bonds. The highest BCUT2D eigenvalue weighted by atomic mass is 16.2. The molecule has 0 aromatic carbocycles. The number of carbonyl (C=O) groups excluding carboxylic acids is 1. The van der Waals surface area contributed by atoms with Crippen LogP contribution in [0.3, 0.4) is 0 Å². The molecule has 1 aliphatic rings. The van der Waals surface area contributed by atoms with Gasteiger partial charge in [-0.3, -0.25) is 9.89 Å².